The zero-order valence-corrected chi connectivity index (χ0v) is 9.03. The molecule has 0 aromatic carbocycles. The van der Waals surface area contributed by atoms with Crippen LogP contribution < -0.4 is 5.32 Å². The summed E-state index contributed by atoms with van der Waals surface area (Å²) < 4.78 is 2.31. The molecule has 1 N–H and O–H groups in total. The SMILES string of the molecule is CC(C)Cn1ccnc1C1CCNC1. The van der Waals surface area contributed by atoms with Crippen molar-refractivity contribution in [3.05, 3.63) is 18.2 Å². The summed E-state index contributed by atoms with van der Waals surface area (Å²) in [6.45, 7) is 7.81. The molecular weight excluding hydrogens is 174 g/mol. The highest BCUT2D eigenvalue weighted by atomic mass is 15.1. The van der Waals surface area contributed by atoms with Gasteiger partial charge in [0.25, 0.3) is 0 Å². The number of nitrogens with zero attached hydrogens (tertiary/aromatic N) is 2. The fraction of sp³-hybridized carbons (Fsp3) is 0.727. The van der Waals surface area contributed by atoms with Gasteiger partial charge in [-0.05, 0) is 18.9 Å². The van der Waals surface area contributed by atoms with Gasteiger partial charge in [-0.3, -0.25) is 0 Å². The highest BCUT2D eigenvalue weighted by molar-refractivity contribution is 5.04. The first-order chi connectivity index (χ1) is 6.77. The Morgan fingerprint density at radius 2 is 2.50 bits per heavy atom. The highest BCUT2D eigenvalue weighted by Gasteiger charge is 2.20. The van der Waals surface area contributed by atoms with Gasteiger partial charge < -0.3 is 9.88 Å². The van der Waals surface area contributed by atoms with Crippen LogP contribution in [0.15, 0.2) is 12.4 Å². The number of nitrogens with one attached hydrogen (secondary N) is 1. The molecule has 0 amide bonds. The Hall–Kier alpha value is -0.830. The van der Waals surface area contributed by atoms with Crippen molar-refractivity contribution in [3.8, 4) is 0 Å². The van der Waals surface area contributed by atoms with E-state index in [4.69, 9.17) is 0 Å². The molecule has 1 aromatic heterocycles. The number of aromatic nitrogens is 2. The minimum Gasteiger partial charge on any atom is -0.334 e. The Balaban J connectivity index is 2.12. The third-order valence-corrected chi connectivity index (χ3v) is 2.73. The molecule has 1 aliphatic rings. The maximum atomic E-state index is 4.47. The standard InChI is InChI=1S/C11H19N3/c1-9(2)8-14-6-5-13-11(14)10-3-4-12-7-10/h5-6,9-10,12H,3-4,7-8H2,1-2H3. The summed E-state index contributed by atoms with van der Waals surface area (Å²) in [4.78, 5) is 4.47. The van der Waals surface area contributed by atoms with Crippen LogP contribution in [0.4, 0.5) is 0 Å². The van der Waals surface area contributed by atoms with Gasteiger partial charge in [-0.25, -0.2) is 4.98 Å². The average molecular weight is 193 g/mol. The smallest absolute Gasteiger partial charge is 0.113 e. The van der Waals surface area contributed by atoms with E-state index in [1.807, 2.05) is 6.20 Å². The van der Waals surface area contributed by atoms with Gasteiger partial charge in [0.05, 0.1) is 0 Å². The molecule has 2 heterocycles. The van der Waals surface area contributed by atoms with Crippen molar-refractivity contribution in [2.24, 2.45) is 5.92 Å². The van der Waals surface area contributed by atoms with E-state index in [1.165, 1.54) is 12.2 Å². The van der Waals surface area contributed by atoms with Crippen LogP contribution in [0.5, 0.6) is 0 Å². The van der Waals surface area contributed by atoms with E-state index in [2.05, 4.69) is 34.9 Å². The molecule has 14 heavy (non-hydrogen) atoms. The lowest BCUT2D eigenvalue weighted by Gasteiger charge is -2.13. The van der Waals surface area contributed by atoms with Crippen LogP contribution in [-0.4, -0.2) is 22.6 Å². The lowest BCUT2D eigenvalue weighted by molar-refractivity contribution is 0.492. The van der Waals surface area contributed by atoms with E-state index in [-0.39, 0.29) is 0 Å². The van der Waals surface area contributed by atoms with Gasteiger partial charge >= 0.3 is 0 Å². The van der Waals surface area contributed by atoms with Gasteiger partial charge in [-0.15, -0.1) is 0 Å². The molecule has 0 bridgehead atoms. The summed E-state index contributed by atoms with van der Waals surface area (Å²) in [7, 11) is 0. The van der Waals surface area contributed by atoms with Crippen molar-refractivity contribution in [3.63, 3.8) is 0 Å². The Morgan fingerprint density at radius 1 is 1.64 bits per heavy atom. The van der Waals surface area contributed by atoms with Gasteiger partial charge in [0, 0.05) is 31.4 Å². The molecule has 1 atom stereocenters. The predicted octanol–water partition coefficient (Wildman–Crippen LogP) is 1.62. The van der Waals surface area contributed by atoms with E-state index in [9.17, 15) is 0 Å². The third-order valence-electron chi connectivity index (χ3n) is 2.73. The fourth-order valence-electron chi connectivity index (χ4n) is 2.10. The van der Waals surface area contributed by atoms with Crippen LogP contribution in [-0.2, 0) is 6.54 Å². The van der Waals surface area contributed by atoms with E-state index >= 15 is 0 Å². The first-order valence-electron chi connectivity index (χ1n) is 5.49. The molecule has 3 nitrogen and oxygen atoms in total. The summed E-state index contributed by atoms with van der Waals surface area (Å²) in [6, 6.07) is 0. The van der Waals surface area contributed by atoms with E-state index in [1.54, 1.807) is 0 Å². The largest absolute Gasteiger partial charge is 0.334 e. The summed E-state index contributed by atoms with van der Waals surface area (Å²) in [5.41, 5.74) is 0. The molecule has 1 fully saturated rings. The Labute approximate surface area is 85.5 Å². The maximum Gasteiger partial charge on any atom is 0.113 e. The maximum absolute atomic E-state index is 4.47. The summed E-state index contributed by atoms with van der Waals surface area (Å²) in [6.07, 6.45) is 5.26. The number of hydrogen-bond donors (Lipinski definition) is 1. The van der Waals surface area contributed by atoms with Crippen molar-refractivity contribution >= 4 is 0 Å². The van der Waals surface area contributed by atoms with Gasteiger partial charge in [-0.1, -0.05) is 13.8 Å². The zero-order chi connectivity index (χ0) is 9.97. The first kappa shape index (κ1) is 9.71. The normalized spacial score (nSPS) is 22.1. The molecular formula is C11H19N3. The van der Waals surface area contributed by atoms with Gasteiger partial charge in [0.1, 0.15) is 5.82 Å². The molecule has 1 aromatic rings. The van der Waals surface area contributed by atoms with Crippen LogP contribution in [0.2, 0.25) is 0 Å². The molecule has 0 spiro atoms. The van der Waals surface area contributed by atoms with Crippen LogP contribution in [0.1, 0.15) is 32.0 Å². The monoisotopic (exact) mass is 193 g/mol. The third kappa shape index (κ3) is 1.98. The second kappa shape index (κ2) is 4.13. The lowest BCUT2D eigenvalue weighted by atomic mass is 10.1. The minimum absolute atomic E-state index is 0.628. The molecule has 1 unspecified atom stereocenters. The molecule has 1 saturated heterocycles. The van der Waals surface area contributed by atoms with Crippen molar-refractivity contribution < 1.29 is 0 Å². The van der Waals surface area contributed by atoms with E-state index < -0.39 is 0 Å². The van der Waals surface area contributed by atoms with E-state index in [0.29, 0.717) is 11.8 Å². The Morgan fingerprint density at radius 3 is 3.14 bits per heavy atom. The van der Waals surface area contributed by atoms with Crippen molar-refractivity contribution in [2.75, 3.05) is 13.1 Å². The molecule has 0 radical (unpaired) electrons. The molecule has 2 rings (SSSR count). The second-order valence-corrected chi connectivity index (χ2v) is 4.52. The van der Waals surface area contributed by atoms with E-state index in [0.717, 1.165) is 19.6 Å². The second-order valence-electron chi connectivity index (χ2n) is 4.52. The molecule has 0 saturated carbocycles. The van der Waals surface area contributed by atoms with Crippen molar-refractivity contribution in [1.29, 1.82) is 0 Å². The highest BCUT2D eigenvalue weighted by Crippen LogP contribution is 2.21. The topological polar surface area (TPSA) is 29.9 Å². The number of rotatable bonds is 3. The zero-order valence-electron chi connectivity index (χ0n) is 9.03. The van der Waals surface area contributed by atoms with Crippen molar-refractivity contribution in [2.45, 2.75) is 32.7 Å². The van der Waals surface area contributed by atoms with Gasteiger partial charge in [-0.2, -0.15) is 0 Å². The first-order valence-corrected chi connectivity index (χ1v) is 5.49. The quantitative estimate of drug-likeness (QED) is 0.790. The molecule has 78 valence electrons. The fourth-order valence-corrected chi connectivity index (χ4v) is 2.10. The average Bonchev–Trinajstić information content (AvgIpc) is 2.70. The molecule has 1 aliphatic heterocycles. The van der Waals surface area contributed by atoms with Crippen molar-refractivity contribution in [1.82, 2.24) is 14.9 Å². The van der Waals surface area contributed by atoms with Gasteiger partial charge in [0.2, 0.25) is 0 Å². The summed E-state index contributed by atoms with van der Waals surface area (Å²) >= 11 is 0. The number of imidazole rings is 1. The predicted molar refractivity (Wildman–Crippen MR) is 57.3 cm³/mol. The van der Waals surface area contributed by atoms with Crippen LogP contribution in [0, 0.1) is 5.92 Å². The summed E-state index contributed by atoms with van der Waals surface area (Å²) in [5, 5.41) is 3.39. The number of hydrogen-bond acceptors (Lipinski definition) is 2. The summed E-state index contributed by atoms with van der Waals surface area (Å²) in [5.74, 6) is 2.59. The van der Waals surface area contributed by atoms with Crippen LogP contribution >= 0.6 is 0 Å². The van der Waals surface area contributed by atoms with Crippen LogP contribution in [0.25, 0.3) is 0 Å². The van der Waals surface area contributed by atoms with Gasteiger partial charge in [0.15, 0.2) is 0 Å². The molecule has 3 heteroatoms. The Bertz CT molecular complexity index is 284. The lowest BCUT2D eigenvalue weighted by Crippen LogP contribution is -2.14. The molecule has 0 aliphatic carbocycles. The van der Waals surface area contributed by atoms with Crippen LogP contribution in [0.3, 0.4) is 0 Å². The minimum atomic E-state index is 0.628. The Kier molecular flexibility index (Phi) is 2.87.